The van der Waals surface area contributed by atoms with Crippen molar-refractivity contribution < 1.29 is 27.4 Å². The summed E-state index contributed by atoms with van der Waals surface area (Å²) in [5, 5.41) is 2.56. The predicted molar refractivity (Wildman–Crippen MR) is 90.1 cm³/mol. The maximum Gasteiger partial charge on any atom is 0.251 e. The third-order valence-corrected chi connectivity index (χ3v) is 4.57. The summed E-state index contributed by atoms with van der Waals surface area (Å²) in [6.07, 6.45) is 0. The first-order valence-electron chi connectivity index (χ1n) is 7.31. The van der Waals surface area contributed by atoms with E-state index < -0.39 is 15.9 Å². The maximum atomic E-state index is 12.1. The van der Waals surface area contributed by atoms with Gasteiger partial charge in [0.15, 0.2) is 0 Å². The van der Waals surface area contributed by atoms with E-state index in [2.05, 4.69) is 10.0 Å². The van der Waals surface area contributed by atoms with Crippen LogP contribution < -0.4 is 19.5 Å². The molecular formula is C15H24N2O6S. The van der Waals surface area contributed by atoms with Crippen LogP contribution in [0.15, 0.2) is 18.2 Å². The molecule has 0 fully saturated rings. The zero-order valence-corrected chi connectivity index (χ0v) is 15.1. The summed E-state index contributed by atoms with van der Waals surface area (Å²) in [5.74, 6) is 0.310. The third-order valence-electron chi connectivity index (χ3n) is 3.07. The molecule has 0 aliphatic rings. The van der Waals surface area contributed by atoms with Crippen molar-refractivity contribution in [2.75, 3.05) is 40.2 Å². The van der Waals surface area contributed by atoms with Crippen molar-refractivity contribution in [3.8, 4) is 11.5 Å². The zero-order valence-electron chi connectivity index (χ0n) is 14.3. The summed E-state index contributed by atoms with van der Waals surface area (Å²) < 4.78 is 41.3. The highest BCUT2D eigenvalue weighted by atomic mass is 32.2. The largest absolute Gasteiger partial charge is 0.497 e. The first kappa shape index (κ1) is 20.2. The minimum atomic E-state index is -3.50. The molecule has 0 aliphatic heterocycles. The Kier molecular flexibility index (Phi) is 7.96. The maximum absolute atomic E-state index is 12.1. The Balaban J connectivity index is 2.60. The number of ether oxygens (including phenoxy) is 3. The predicted octanol–water partition coefficient (Wildman–Crippen LogP) is 0.388. The number of methoxy groups -OCH3 is 3. The number of hydrogen-bond donors (Lipinski definition) is 2. The van der Waals surface area contributed by atoms with Gasteiger partial charge in [-0.05, 0) is 19.1 Å². The topological polar surface area (TPSA) is 103 Å². The van der Waals surface area contributed by atoms with Gasteiger partial charge in [-0.1, -0.05) is 0 Å². The number of sulfonamides is 1. The lowest BCUT2D eigenvalue weighted by Crippen LogP contribution is -2.40. The number of benzene rings is 1. The van der Waals surface area contributed by atoms with Crippen LogP contribution in [0.5, 0.6) is 11.5 Å². The quantitative estimate of drug-likeness (QED) is 0.626. The van der Waals surface area contributed by atoms with Crippen molar-refractivity contribution in [1.29, 1.82) is 0 Å². The summed E-state index contributed by atoms with van der Waals surface area (Å²) in [6, 6.07) is 4.40. The highest BCUT2D eigenvalue weighted by Gasteiger charge is 2.15. The number of nitrogens with one attached hydrogen (secondary N) is 2. The van der Waals surface area contributed by atoms with Gasteiger partial charge in [-0.3, -0.25) is 4.79 Å². The van der Waals surface area contributed by atoms with E-state index in [0.717, 1.165) is 0 Å². The van der Waals surface area contributed by atoms with Crippen molar-refractivity contribution in [2.24, 2.45) is 0 Å². The molecule has 136 valence electrons. The average Bonchev–Trinajstić information content (AvgIpc) is 2.53. The van der Waals surface area contributed by atoms with E-state index in [1.165, 1.54) is 21.3 Å². The molecule has 0 saturated carbocycles. The molecule has 0 spiro atoms. The lowest BCUT2D eigenvalue weighted by atomic mass is 10.2. The SMILES string of the molecule is COC[C@H](C)NS(=O)(=O)CCNC(=O)c1cc(OC)cc(OC)c1. The van der Waals surface area contributed by atoms with Gasteiger partial charge >= 0.3 is 0 Å². The number of hydrogen-bond acceptors (Lipinski definition) is 6. The number of amides is 1. The summed E-state index contributed by atoms with van der Waals surface area (Å²) in [5.41, 5.74) is 0.323. The fourth-order valence-corrected chi connectivity index (χ4v) is 3.16. The fourth-order valence-electron chi connectivity index (χ4n) is 1.99. The average molecular weight is 360 g/mol. The molecule has 1 atom stereocenters. The molecule has 1 rings (SSSR count). The van der Waals surface area contributed by atoms with Gasteiger partial charge in [0.25, 0.3) is 5.91 Å². The lowest BCUT2D eigenvalue weighted by molar-refractivity contribution is 0.0955. The highest BCUT2D eigenvalue weighted by molar-refractivity contribution is 7.89. The van der Waals surface area contributed by atoms with Crippen LogP contribution in [-0.2, 0) is 14.8 Å². The molecule has 1 aromatic carbocycles. The van der Waals surface area contributed by atoms with Gasteiger partial charge in [0.05, 0.1) is 26.6 Å². The van der Waals surface area contributed by atoms with Crippen LogP contribution in [0.4, 0.5) is 0 Å². The van der Waals surface area contributed by atoms with Crippen molar-refractivity contribution in [3.05, 3.63) is 23.8 Å². The van der Waals surface area contributed by atoms with Crippen LogP contribution in [-0.4, -0.2) is 60.6 Å². The van der Waals surface area contributed by atoms with Crippen molar-refractivity contribution >= 4 is 15.9 Å². The van der Waals surface area contributed by atoms with Gasteiger partial charge in [0, 0.05) is 31.3 Å². The van der Waals surface area contributed by atoms with Crippen LogP contribution in [0.2, 0.25) is 0 Å². The molecule has 0 heterocycles. The van der Waals surface area contributed by atoms with E-state index in [-0.39, 0.29) is 24.9 Å². The van der Waals surface area contributed by atoms with E-state index in [1.807, 2.05) is 0 Å². The summed E-state index contributed by atoms with van der Waals surface area (Å²) >= 11 is 0. The van der Waals surface area contributed by atoms with Crippen molar-refractivity contribution in [3.63, 3.8) is 0 Å². The second-order valence-corrected chi connectivity index (χ2v) is 7.02. The molecule has 0 unspecified atom stereocenters. The standard InChI is InChI=1S/C15H24N2O6S/c1-11(10-21-2)17-24(19,20)6-5-16-15(18)12-7-13(22-3)9-14(8-12)23-4/h7-9,11,17H,5-6,10H2,1-4H3,(H,16,18)/t11-/m0/s1. The molecular weight excluding hydrogens is 336 g/mol. The molecule has 0 saturated heterocycles. The summed E-state index contributed by atoms with van der Waals surface area (Å²) in [7, 11) is 0.957. The van der Waals surface area contributed by atoms with E-state index >= 15 is 0 Å². The van der Waals surface area contributed by atoms with Crippen molar-refractivity contribution in [2.45, 2.75) is 13.0 Å². The summed E-state index contributed by atoms with van der Waals surface area (Å²) in [4.78, 5) is 12.1. The minimum absolute atomic E-state index is 0.0204. The fraction of sp³-hybridized carbons (Fsp3) is 0.533. The van der Waals surface area contributed by atoms with E-state index in [9.17, 15) is 13.2 Å². The van der Waals surface area contributed by atoms with Crippen LogP contribution in [0, 0.1) is 0 Å². The lowest BCUT2D eigenvalue weighted by Gasteiger charge is -2.13. The van der Waals surface area contributed by atoms with Gasteiger partial charge in [-0.15, -0.1) is 0 Å². The molecule has 24 heavy (non-hydrogen) atoms. The molecule has 0 radical (unpaired) electrons. The van der Waals surface area contributed by atoms with Gasteiger partial charge in [-0.2, -0.15) is 0 Å². The Hall–Kier alpha value is -1.84. The Labute approximate surface area is 142 Å². The van der Waals surface area contributed by atoms with E-state index in [4.69, 9.17) is 14.2 Å². The first-order chi connectivity index (χ1) is 11.3. The van der Waals surface area contributed by atoms with Gasteiger partial charge in [0.1, 0.15) is 11.5 Å². The second kappa shape index (κ2) is 9.45. The molecule has 0 aromatic heterocycles. The van der Waals surface area contributed by atoms with Crippen molar-refractivity contribution in [1.82, 2.24) is 10.0 Å². The van der Waals surface area contributed by atoms with Crippen LogP contribution in [0.3, 0.4) is 0 Å². The molecule has 9 heteroatoms. The first-order valence-corrected chi connectivity index (χ1v) is 8.96. The van der Waals surface area contributed by atoms with E-state index in [1.54, 1.807) is 25.1 Å². The van der Waals surface area contributed by atoms with Gasteiger partial charge < -0.3 is 19.5 Å². The Morgan fingerprint density at radius 1 is 1.12 bits per heavy atom. The number of rotatable bonds is 10. The van der Waals surface area contributed by atoms with Gasteiger partial charge in [-0.25, -0.2) is 13.1 Å². The second-order valence-electron chi connectivity index (χ2n) is 5.15. The molecule has 1 aromatic rings. The molecule has 8 nitrogen and oxygen atoms in total. The monoisotopic (exact) mass is 360 g/mol. The molecule has 0 bridgehead atoms. The number of carbonyl (C=O) groups is 1. The number of carbonyl (C=O) groups excluding carboxylic acids is 1. The Bertz CT molecular complexity index is 625. The third kappa shape index (κ3) is 6.73. The van der Waals surface area contributed by atoms with E-state index in [0.29, 0.717) is 17.1 Å². The van der Waals surface area contributed by atoms with Crippen LogP contribution in [0.25, 0.3) is 0 Å². The summed E-state index contributed by atoms with van der Waals surface area (Å²) in [6.45, 7) is 1.95. The van der Waals surface area contributed by atoms with Crippen LogP contribution in [0.1, 0.15) is 17.3 Å². The van der Waals surface area contributed by atoms with Crippen LogP contribution >= 0.6 is 0 Å². The minimum Gasteiger partial charge on any atom is -0.497 e. The molecule has 1 amide bonds. The normalized spacial score (nSPS) is 12.5. The van der Waals surface area contributed by atoms with Gasteiger partial charge in [0.2, 0.25) is 10.0 Å². The molecule has 0 aliphatic carbocycles. The zero-order chi connectivity index (χ0) is 18.2. The Morgan fingerprint density at radius 2 is 1.71 bits per heavy atom. The highest BCUT2D eigenvalue weighted by Crippen LogP contribution is 2.22. The Morgan fingerprint density at radius 3 is 2.21 bits per heavy atom. The smallest absolute Gasteiger partial charge is 0.251 e. The molecule has 2 N–H and O–H groups in total.